The molecule has 2 aliphatic heterocycles. The largest absolute Gasteiger partial charge is 0.347 e. The Morgan fingerprint density at radius 2 is 2.06 bits per heavy atom. The molecule has 2 fully saturated rings. The van der Waals surface area contributed by atoms with E-state index in [0.717, 1.165) is 0 Å². The standard InChI is InChI=1S/C9H18N2O4S/c1-16(12,13)11-4-2-9(3-5-11)14-7-8(6-10)15-9/h8H,2-7,10H2,1H3. The van der Waals surface area contributed by atoms with Crippen LogP contribution in [0.3, 0.4) is 0 Å². The number of sulfonamides is 1. The molecule has 7 heteroatoms. The van der Waals surface area contributed by atoms with Crippen molar-refractivity contribution in [3.05, 3.63) is 0 Å². The third-order valence-corrected chi connectivity index (χ3v) is 4.43. The van der Waals surface area contributed by atoms with Gasteiger partial charge in [0, 0.05) is 32.5 Å². The summed E-state index contributed by atoms with van der Waals surface area (Å²) in [6.07, 6.45) is 2.33. The Balaban J connectivity index is 1.95. The van der Waals surface area contributed by atoms with Crippen molar-refractivity contribution in [1.29, 1.82) is 0 Å². The smallest absolute Gasteiger partial charge is 0.211 e. The molecule has 0 bridgehead atoms. The molecule has 2 N–H and O–H groups in total. The lowest BCUT2D eigenvalue weighted by atomic mass is 10.1. The highest BCUT2D eigenvalue weighted by Crippen LogP contribution is 2.34. The topological polar surface area (TPSA) is 81.9 Å². The fourth-order valence-electron chi connectivity index (χ4n) is 2.15. The van der Waals surface area contributed by atoms with Crippen LogP contribution in [-0.4, -0.2) is 57.1 Å². The molecule has 0 aromatic rings. The third-order valence-electron chi connectivity index (χ3n) is 3.13. The van der Waals surface area contributed by atoms with Crippen molar-refractivity contribution in [2.45, 2.75) is 24.7 Å². The summed E-state index contributed by atoms with van der Waals surface area (Å²) in [7, 11) is -3.09. The predicted octanol–water partition coefficient (Wildman–Crippen LogP) is -0.888. The highest BCUT2D eigenvalue weighted by molar-refractivity contribution is 7.88. The van der Waals surface area contributed by atoms with Gasteiger partial charge in [-0.2, -0.15) is 0 Å². The van der Waals surface area contributed by atoms with E-state index in [4.69, 9.17) is 15.2 Å². The molecule has 0 aliphatic carbocycles. The summed E-state index contributed by atoms with van der Waals surface area (Å²) < 4.78 is 35.5. The Kier molecular flexibility index (Phi) is 3.24. The van der Waals surface area contributed by atoms with Crippen LogP contribution in [0.2, 0.25) is 0 Å². The van der Waals surface area contributed by atoms with Crippen molar-refractivity contribution >= 4 is 10.0 Å². The molecule has 2 rings (SSSR count). The van der Waals surface area contributed by atoms with E-state index in [0.29, 0.717) is 39.1 Å². The molecule has 2 aliphatic rings. The molecule has 1 unspecified atom stereocenters. The fourth-order valence-corrected chi connectivity index (χ4v) is 3.00. The number of hydrogen-bond acceptors (Lipinski definition) is 5. The minimum absolute atomic E-state index is 0.0511. The van der Waals surface area contributed by atoms with Gasteiger partial charge in [0.05, 0.1) is 19.0 Å². The third kappa shape index (κ3) is 2.38. The van der Waals surface area contributed by atoms with E-state index in [2.05, 4.69) is 0 Å². The number of nitrogens with two attached hydrogens (primary N) is 1. The van der Waals surface area contributed by atoms with E-state index in [-0.39, 0.29) is 6.10 Å². The molecule has 94 valence electrons. The molecule has 6 nitrogen and oxygen atoms in total. The normalized spacial score (nSPS) is 31.0. The Morgan fingerprint density at radius 3 is 2.50 bits per heavy atom. The van der Waals surface area contributed by atoms with E-state index >= 15 is 0 Å². The second-order valence-electron chi connectivity index (χ2n) is 4.36. The van der Waals surface area contributed by atoms with Gasteiger partial charge in [-0.25, -0.2) is 12.7 Å². The first-order chi connectivity index (χ1) is 7.45. The summed E-state index contributed by atoms with van der Waals surface area (Å²) in [6.45, 7) is 1.86. The molecule has 2 heterocycles. The second-order valence-corrected chi connectivity index (χ2v) is 6.34. The van der Waals surface area contributed by atoms with Crippen LogP contribution in [0.15, 0.2) is 0 Å². The second kappa shape index (κ2) is 4.23. The molecule has 0 saturated carbocycles. The van der Waals surface area contributed by atoms with E-state index < -0.39 is 15.8 Å². The Labute approximate surface area is 95.7 Å². The van der Waals surface area contributed by atoms with Gasteiger partial charge in [-0.3, -0.25) is 0 Å². The summed E-state index contributed by atoms with van der Waals surface area (Å²) in [4.78, 5) is 0. The van der Waals surface area contributed by atoms with Crippen molar-refractivity contribution in [2.24, 2.45) is 5.73 Å². The van der Waals surface area contributed by atoms with Gasteiger partial charge in [-0.1, -0.05) is 0 Å². The number of piperidine rings is 1. The summed E-state index contributed by atoms with van der Waals surface area (Å²) in [6, 6.07) is 0. The monoisotopic (exact) mass is 250 g/mol. The Hall–Kier alpha value is -0.210. The van der Waals surface area contributed by atoms with E-state index in [1.165, 1.54) is 10.6 Å². The number of nitrogens with zero attached hydrogens (tertiary/aromatic N) is 1. The van der Waals surface area contributed by atoms with Crippen LogP contribution in [0.1, 0.15) is 12.8 Å². The molecule has 0 aromatic carbocycles. The highest BCUT2D eigenvalue weighted by Gasteiger charge is 2.44. The van der Waals surface area contributed by atoms with Crippen LogP contribution in [-0.2, 0) is 19.5 Å². The average molecular weight is 250 g/mol. The van der Waals surface area contributed by atoms with Crippen molar-refractivity contribution < 1.29 is 17.9 Å². The molecule has 1 atom stereocenters. The highest BCUT2D eigenvalue weighted by atomic mass is 32.2. The van der Waals surface area contributed by atoms with E-state index in [1.54, 1.807) is 0 Å². The fraction of sp³-hybridized carbons (Fsp3) is 1.00. The summed E-state index contributed by atoms with van der Waals surface area (Å²) >= 11 is 0. The summed E-state index contributed by atoms with van der Waals surface area (Å²) in [5.74, 6) is -0.592. The maximum absolute atomic E-state index is 11.3. The molecular formula is C9H18N2O4S. The van der Waals surface area contributed by atoms with E-state index in [9.17, 15) is 8.42 Å². The maximum atomic E-state index is 11.3. The van der Waals surface area contributed by atoms with Gasteiger partial charge >= 0.3 is 0 Å². The number of rotatable bonds is 2. The van der Waals surface area contributed by atoms with Gasteiger partial charge in [0.25, 0.3) is 0 Å². The number of ether oxygens (including phenoxy) is 2. The van der Waals surface area contributed by atoms with Crippen LogP contribution in [0.4, 0.5) is 0 Å². The summed E-state index contributed by atoms with van der Waals surface area (Å²) in [5, 5.41) is 0. The lowest BCUT2D eigenvalue weighted by molar-refractivity contribution is -0.188. The molecule has 16 heavy (non-hydrogen) atoms. The van der Waals surface area contributed by atoms with Crippen LogP contribution in [0.5, 0.6) is 0 Å². The molecule has 2 saturated heterocycles. The lowest BCUT2D eigenvalue weighted by Gasteiger charge is -2.36. The van der Waals surface area contributed by atoms with Crippen molar-refractivity contribution in [3.63, 3.8) is 0 Å². The molecule has 1 spiro atoms. The van der Waals surface area contributed by atoms with Gasteiger partial charge < -0.3 is 15.2 Å². The minimum atomic E-state index is -3.09. The Morgan fingerprint density at radius 1 is 1.44 bits per heavy atom. The number of hydrogen-bond donors (Lipinski definition) is 1. The van der Waals surface area contributed by atoms with Gasteiger partial charge in [-0.15, -0.1) is 0 Å². The first-order valence-electron chi connectivity index (χ1n) is 5.42. The zero-order chi connectivity index (χ0) is 11.8. The molecule has 0 radical (unpaired) electrons. The first kappa shape index (κ1) is 12.3. The van der Waals surface area contributed by atoms with Gasteiger partial charge in [0.1, 0.15) is 0 Å². The zero-order valence-corrected chi connectivity index (χ0v) is 10.2. The lowest BCUT2D eigenvalue weighted by Crippen LogP contribution is -2.47. The quantitative estimate of drug-likeness (QED) is 0.687. The predicted molar refractivity (Wildman–Crippen MR) is 58.3 cm³/mol. The van der Waals surface area contributed by atoms with E-state index in [1.807, 2.05) is 0 Å². The van der Waals surface area contributed by atoms with Gasteiger partial charge in [-0.05, 0) is 0 Å². The summed E-state index contributed by atoms with van der Waals surface area (Å²) in [5.41, 5.74) is 5.51. The minimum Gasteiger partial charge on any atom is -0.347 e. The maximum Gasteiger partial charge on any atom is 0.211 e. The SMILES string of the molecule is CS(=O)(=O)N1CCC2(CC1)OCC(CN)O2. The van der Waals surface area contributed by atoms with Crippen molar-refractivity contribution in [3.8, 4) is 0 Å². The molecule has 0 amide bonds. The van der Waals surface area contributed by atoms with Crippen LogP contribution >= 0.6 is 0 Å². The van der Waals surface area contributed by atoms with Crippen LogP contribution < -0.4 is 5.73 Å². The molecular weight excluding hydrogens is 232 g/mol. The van der Waals surface area contributed by atoms with Crippen LogP contribution in [0, 0.1) is 0 Å². The van der Waals surface area contributed by atoms with Crippen molar-refractivity contribution in [1.82, 2.24) is 4.31 Å². The first-order valence-corrected chi connectivity index (χ1v) is 7.27. The van der Waals surface area contributed by atoms with Gasteiger partial charge in [0.2, 0.25) is 10.0 Å². The molecule has 0 aromatic heterocycles. The zero-order valence-electron chi connectivity index (χ0n) is 9.39. The van der Waals surface area contributed by atoms with Gasteiger partial charge in [0.15, 0.2) is 5.79 Å². The Bertz CT molecular complexity index is 349. The van der Waals surface area contributed by atoms with Crippen LogP contribution in [0.25, 0.3) is 0 Å². The van der Waals surface area contributed by atoms with Crippen molar-refractivity contribution in [2.75, 3.05) is 32.5 Å². The average Bonchev–Trinajstić information content (AvgIpc) is 2.61.